The quantitative estimate of drug-likeness (QED) is 0.561. The molecule has 2 N–H and O–H groups in total. The lowest BCUT2D eigenvalue weighted by Gasteiger charge is -2.11. The number of halogens is 1. The van der Waals surface area contributed by atoms with E-state index in [2.05, 4.69) is 10.0 Å². The van der Waals surface area contributed by atoms with E-state index < -0.39 is 15.9 Å². The van der Waals surface area contributed by atoms with Crippen LogP contribution in [0.15, 0.2) is 77.7 Å². The zero-order valence-electron chi connectivity index (χ0n) is 15.3. The lowest BCUT2D eigenvalue weighted by atomic mass is 10.1. The monoisotopic (exact) mass is 428 g/mol. The third-order valence-corrected chi connectivity index (χ3v) is 5.75. The van der Waals surface area contributed by atoms with Crippen LogP contribution in [0.5, 0.6) is 0 Å². The number of Topliss-reactive ketones (excluding diaryl/α,β-unsaturated/α-hetero) is 1. The fourth-order valence-corrected chi connectivity index (χ4v) is 3.95. The summed E-state index contributed by atoms with van der Waals surface area (Å²) in [5, 5.41) is 2.76. The highest BCUT2D eigenvalue weighted by atomic mass is 35.5. The van der Waals surface area contributed by atoms with Gasteiger partial charge in [-0.1, -0.05) is 41.9 Å². The fourth-order valence-electron chi connectivity index (χ4n) is 2.56. The van der Waals surface area contributed by atoms with Gasteiger partial charge in [0.15, 0.2) is 5.78 Å². The van der Waals surface area contributed by atoms with Crippen molar-refractivity contribution in [2.24, 2.45) is 0 Å². The summed E-state index contributed by atoms with van der Waals surface area (Å²) in [6.07, 6.45) is 0. The van der Waals surface area contributed by atoms with E-state index in [1.807, 2.05) is 0 Å². The summed E-state index contributed by atoms with van der Waals surface area (Å²) in [6, 6.07) is 18.7. The molecule has 0 aliphatic heterocycles. The molecule has 3 aromatic rings. The van der Waals surface area contributed by atoms with Gasteiger partial charge in [-0.25, -0.2) is 8.42 Å². The van der Waals surface area contributed by atoms with Gasteiger partial charge < -0.3 is 5.32 Å². The van der Waals surface area contributed by atoms with Crippen LogP contribution in [-0.2, 0) is 10.0 Å². The molecule has 8 heteroatoms. The number of carbonyl (C=O) groups excluding carboxylic acids is 2. The van der Waals surface area contributed by atoms with Crippen LogP contribution >= 0.6 is 11.6 Å². The van der Waals surface area contributed by atoms with Gasteiger partial charge in [0.2, 0.25) is 0 Å². The molecule has 6 nitrogen and oxygen atoms in total. The van der Waals surface area contributed by atoms with Gasteiger partial charge in [0.25, 0.3) is 15.9 Å². The van der Waals surface area contributed by atoms with Crippen molar-refractivity contribution in [3.63, 3.8) is 0 Å². The van der Waals surface area contributed by atoms with Crippen LogP contribution < -0.4 is 10.0 Å². The Balaban J connectivity index is 1.78. The summed E-state index contributed by atoms with van der Waals surface area (Å²) in [5.41, 5.74) is 1.34. The lowest BCUT2D eigenvalue weighted by Crippen LogP contribution is -2.15. The predicted molar refractivity (Wildman–Crippen MR) is 113 cm³/mol. The van der Waals surface area contributed by atoms with E-state index in [1.54, 1.807) is 42.5 Å². The van der Waals surface area contributed by atoms with E-state index in [-0.39, 0.29) is 27.0 Å². The number of carbonyl (C=O) groups is 2. The maximum atomic E-state index is 12.5. The van der Waals surface area contributed by atoms with Gasteiger partial charge in [-0.15, -0.1) is 0 Å². The molecule has 0 spiro atoms. The number of anilines is 2. The topological polar surface area (TPSA) is 92.3 Å². The van der Waals surface area contributed by atoms with Gasteiger partial charge >= 0.3 is 0 Å². The van der Waals surface area contributed by atoms with Crippen LogP contribution in [0.4, 0.5) is 11.4 Å². The van der Waals surface area contributed by atoms with Crippen molar-refractivity contribution < 1.29 is 18.0 Å². The van der Waals surface area contributed by atoms with Gasteiger partial charge in [0.05, 0.1) is 15.6 Å². The van der Waals surface area contributed by atoms with E-state index in [4.69, 9.17) is 11.6 Å². The Hall–Kier alpha value is -3.16. The molecule has 0 unspecified atom stereocenters. The zero-order valence-corrected chi connectivity index (χ0v) is 16.9. The van der Waals surface area contributed by atoms with Gasteiger partial charge in [-0.05, 0) is 49.4 Å². The van der Waals surface area contributed by atoms with Crippen molar-refractivity contribution in [2.75, 3.05) is 10.0 Å². The van der Waals surface area contributed by atoms with Crippen molar-refractivity contribution >= 4 is 44.7 Å². The molecule has 3 rings (SSSR count). The first-order valence-electron chi connectivity index (χ1n) is 8.56. The fraction of sp³-hybridized carbons (Fsp3) is 0.0476. The van der Waals surface area contributed by atoms with Gasteiger partial charge in [-0.3, -0.25) is 14.3 Å². The van der Waals surface area contributed by atoms with E-state index >= 15 is 0 Å². The SMILES string of the molecule is CC(=O)c1cccc(NC(=O)c2ccc(NS(=O)(=O)c3ccccc3)c(Cl)c2)c1. The van der Waals surface area contributed by atoms with Crippen molar-refractivity contribution in [2.45, 2.75) is 11.8 Å². The number of nitrogens with one attached hydrogen (secondary N) is 2. The van der Waals surface area contributed by atoms with Crippen molar-refractivity contribution in [3.05, 3.63) is 88.9 Å². The normalized spacial score (nSPS) is 11.0. The molecule has 0 saturated carbocycles. The van der Waals surface area contributed by atoms with E-state index in [1.165, 1.54) is 37.3 Å². The summed E-state index contributed by atoms with van der Waals surface area (Å²) >= 11 is 6.19. The Bertz CT molecular complexity index is 1180. The maximum Gasteiger partial charge on any atom is 0.261 e. The molecule has 0 aliphatic carbocycles. The third-order valence-electron chi connectivity index (χ3n) is 4.06. The minimum atomic E-state index is -3.80. The second-order valence-corrected chi connectivity index (χ2v) is 8.29. The summed E-state index contributed by atoms with van der Waals surface area (Å²) in [5.74, 6) is -0.552. The highest BCUT2D eigenvalue weighted by Gasteiger charge is 2.16. The van der Waals surface area contributed by atoms with Crippen LogP contribution in [0.3, 0.4) is 0 Å². The Morgan fingerprint density at radius 3 is 2.24 bits per heavy atom. The molecule has 0 saturated heterocycles. The van der Waals surface area contributed by atoms with E-state index in [0.29, 0.717) is 11.3 Å². The number of hydrogen-bond donors (Lipinski definition) is 2. The predicted octanol–water partition coefficient (Wildman–Crippen LogP) is 4.60. The van der Waals surface area contributed by atoms with Crippen molar-refractivity contribution in [1.82, 2.24) is 0 Å². The number of rotatable bonds is 6. The molecule has 0 aromatic heterocycles. The molecule has 0 fully saturated rings. The second kappa shape index (κ2) is 8.46. The van der Waals surface area contributed by atoms with E-state index in [0.717, 1.165) is 0 Å². The summed E-state index contributed by atoms with van der Waals surface area (Å²) < 4.78 is 27.3. The number of hydrogen-bond acceptors (Lipinski definition) is 4. The van der Waals surface area contributed by atoms with Crippen molar-refractivity contribution in [1.29, 1.82) is 0 Å². The van der Waals surface area contributed by atoms with Gasteiger partial charge in [0.1, 0.15) is 0 Å². The molecule has 0 radical (unpaired) electrons. The van der Waals surface area contributed by atoms with E-state index in [9.17, 15) is 18.0 Å². The number of benzene rings is 3. The maximum absolute atomic E-state index is 12.5. The largest absolute Gasteiger partial charge is 0.322 e. The third kappa shape index (κ3) is 5.01. The van der Waals surface area contributed by atoms with Crippen LogP contribution in [-0.4, -0.2) is 20.1 Å². The molecule has 148 valence electrons. The Morgan fingerprint density at radius 2 is 1.59 bits per heavy atom. The first kappa shape index (κ1) is 20.6. The summed E-state index contributed by atoms with van der Waals surface area (Å²) in [7, 11) is -3.80. The van der Waals surface area contributed by atoms with Gasteiger partial charge in [0, 0.05) is 16.8 Å². The smallest absolute Gasteiger partial charge is 0.261 e. The van der Waals surface area contributed by atoms with Crippen LogP contribution in [0.1, 0.15) is 27.6 Å². The first-order chi connectivity index (χ1) is 13.8. The Labute approximate surface area is 173 Å². The molecule has 0 aliphatic rings. The molecule has 1 amide bonds. The second-order valence-electron chi connectivity index (χ2n) is 6.20. The zero-order chi connectivity index (χ0) is 21.0. The first-order valence-corrected chi connectivity index (χ1v) is 10.4. The Kier molecular flexibility index (Phi) is 6.00. The molecule has 0 bridgehead atoms. The minimum Gasteiger partial charge on any atom is -0.322 e. The Morgan fingerprint density at radius 1 is 0.862 bits per heavy atom. The number of ketones is 1. The molecule has 0 heterocycles. The standard InChI is InChI=1S/C21H17ClN2O4S/c1-14(25)15-6-5-7-17(12-15)23-21(26)16-10-11-20(19(22)13-16)24-29(27,28)18-8-3-2-4-9-18/h2-13,24H,1H3,(H,23,26). The van der Waals surface area contributed by atoms with Gasteiger partial charge in [-0.2, -0.15) is 0 Å². The number of amides is 1. The van der Waals surface area contributed by atoms with Crippen molar-refractivity contribution in [3.8, 4) is 0 Å². The van der Waals surface area contributed by atoms with Crippen LogP contribution in [0, 0.1) is 0 Å². The molecular formula is C21H17ClN2O4S. The number of sulfonamides is 1. The summed E-state index contributed by atoms with van der Waals surface area (Å²) in [4.78, 5) is 24.0. The molecular weight excluding hydrogens is 412 g/mol. The highest BCUT2D eigenvalue weighted by molar-refractivity contribution is 7.92. The average molecular weight is 429 g/mol. The molecule has 0 atom stereocenters. The highest BCUT2D eigenvalue weighted by Crippen LogP contribution is 2.26. The lowest BCUT2D eigenvalue weighted by molar-refractivity contribution is 0.101. The van der Waals surface area contributed by atoms with Crippen LogP contribution in [0.25, 0.3) is 0 Å². The molecule has 3 aromatic carbocycles. The molecule has 29 heavy (non-hydrogen) atoms. The summed E-state index contributed by atoms with van der Waals surface area (Å²) in [6.45, 7) is 1.44. The average Bonchev–Trinajstić information content (AvgIpc) is 2.70. The van der Waals surface area contributed by atoms with Crippen LogP contribution in [0.2, 0.25) is 5.02 Å². The minimum absolute atomic E-state index is 0.0784.